The standard InChI is InChI=1S/C11H14Cl3N/c1-15(7-6-12)8-11(14)9-2-4-10(13)5-3-9/h2-5,11H,6-8H2,1H3/t11-/m1/s1. The molecule has 0 saturated heterocycles. The van der Waals surface area contributed by atoms with Crippen molar-refractivity contribution < 1.29 is 0 Å². The molecule has 0 aliphatic heterocycles. The summed E-state index contributed by atoms with van der Waals surface area (Å²) in [4.78, 5) is 2.11. The Balaban J connectivity index is 2.53. The monoisotopic (exact) mass is 265 g/mol. The highest BCUT2D eigenvalue weighted by molar-refractivity contribution is 6.30. The average molecular weight is 267 g/mol. The van der Waals surface area contributed by atoms with Crippen LogP contribution in [0, 0.1) is 0 Å². The number of halogens is 3. The van der Waals surface area contributed by atoms with E-state index in [0.29, 0.717) is 5.88 Å². The maximum absolute atomic E-state index is 6.26. The van der Waals surface area contributed by atoms with Crippen LogP contribution in [-0.4, -0.2) is 30.9 Å². The zero-order valence-corrected chi connectivity index (χ0v) is 10.9. The minimum Gasteiger partial charge on any atom is -0.303 e. The lowest BCUT2D eigenvalue weighted by molar-refractivity contribution is 0.355. The van der Waals surface area contributed by atoms with E-state index in [1.165, 1.54) is 0 Å². The molecule has 0 aliphatic rings. The molecule has 15 heavy (non-hydrogen) atoms. The number of hydrogen-bond acceptors (Lipinski definition) is 1. The van der Waals surface area contributed by atoms with Crippen molar-refractivity contribution in [2.45, 2.75) is 5.38 Å². The molecule has 0 heterocycles. The summed E-state index contributed by atoms with van der Waals surface area (Å²) in [6.07, 6.45) is 0. The third-order valence-electron chi connectivity index (χ3n) is 2.17. The molecule has 0 N–H and O–H groups in total. The molecule has 0 aromatic heterocycles. The molecule has 0 radical (unpaired) electrons. The van der Waals surface area contributed by atoms with Crippen molar-refractivity contribution >= 4 is 34.8 Å². The molecule has 0 amide bonds. The van der Waals surface area contributed by atoms with E-state index < -0.39 is 0 Å². The van der Waals surface area contributed by atoms with Gasteiger partial charge in [-0.3, -0.25) is 0 Å². The van der Waals surface area contributed by atoms with Crippen molar-refractivity contribution in [1.29, 1.82) is 0 Å². The van der Waals surface area contributed by atoms with E-state index in [1.807, 2.05) is 31.3 Å². The fourth-order valence-corrected chi connectivity index (χ4v) is 2.08. The summed E-state index contributed by atoms with van der Waals surface area (Å²) in [6.45, 7) is 1.63. The van der Waals surface area contributed by atoms with Crippen LogP contribution in [0.1, 0.15) is 10.9 Å². The quantitative estimate of drug-likeness (QED) is 0.733. The van der Waals surface area contributed by atoms with E-state index in [-0.39, 0.29) is 5.38 Å². The zero-order valence-electron chi connectivity index (χ0n) is 8.59. The second kappa shape index (κ2) is 6.59. The van der Waals surface area contributed by atoms with E-state index in [0.717, 1.165) is 23.7 Å². The fourth-order valence-electron chi connectivity index (χ4n) is 1.29. The minimum atomic E-state index is -0.0181. The van der Waals surface area contributed by atoms with E-state index in [2.05, 4.69) is 4.90 Å². The summed E-state index contributed by atoms with van der Waals surface area (Å²) in [7, 11) is 2.01. The number of alkyl halides is 2. The molecule has 1 rings (SSSR count). The number of nitrogens with zero attached hydrogens (tertiary/aromatic N) is 1. The van der Waals surface area contributed by atoms with Gasteiger partial charge in [0.25, 0.3) is 0 Å². The van der Waals surface area contributed by atoms with Crippen molar-refractivity contribution in [1.82, 2.24) is 4.90 Å². The molecule has 0 unspecified atom stereocenters. The Hall–Kier alpha value is 0.0500. The first-order valence-corrected chi connectivity index (χ1v) is 6.12. The van der Waals surface area contributed by atoms with Crippen LogP contribution in [0.4, 0.5) is 0 Å². The van der Waals surface area contributed by atoms with Gasteiger partial charge in [0.1, 0.15) is 0 Å². The Morgan fingerprint density at radius 2 is 1.87 bits per heavy atom. The van der Waals surface area contributed by atoms with Crippen LogP contribution in [0.25, 0.3) is 0 Å². The van der Waals surface area contributed by atoms with Crippen LogP contribution in [0.2, 0.25) is 5.02 Å². The Morgan fingerprint density at radius 1 is 1.27 bits per heavy atom. The molecular weight excluding hydrogens is 252 g/mol. The average Bonchev–Trinajstić information content (AvgIpc) is 2.18. The minimum absolute atomic E-state index is 0.0181. The van der Waals surface area contributed by atoms with Gasteiger partial charge in [-0.05, 0) is 24.7 Å². The second-order valence-corrected chi connectivity index (χ2v) is 4.81. The predicted molar refractivity (Wildman–Crippen MR) is 68.3 cm³/mol. The molecule has 0 spiro atoms. The van der Waals surface area contributed by atoms with Crippen molar-refractivity contribution in [3.05, 3.63) is 34.9 Å². The molecular formula is C11H14Cl3N. The van der Waals surface area contributed by atoms with Crippen molar-refractivity contribution in [2.75, 3.05) is 26.0 Å². The third kappa shape index (κ3) is 4.60. The van der Waals surface area contributed by atoms with Gasteiger partial charge in [-0.1, -0.05) is 23.7 Å². The molecule has 1 atom stereocenters. The van der Waals surface area contributed by atoms with Crippen LogP contribution in [0.15, 0.2) is 24.3 Å². The van der Waals surface area contributed by atoms with Crippen LogP contribution in [0.3, 0.4) is 0 Å². The normalized spacial score (nSPS) is 13.1. The van der Waals surface area contributed by atoms with E-state index in [1.54, 1.807) is 0 Å². The van der Waals surface area contributed by atoms with E-state index >= 15 is 0 Å². The lowest BCUT2D eigenvalue weighted by Crippen LogP contribution is -2.24. The van der Waals surface area contributed by atoms with Gasteiger partial charge in [0.05, 0.1) is 5.38 Å². The largest absolute Gasteiger partial charge is 0.303 e. The van der Waals surface area contributed by atoms with Gasteiger partial charge in [0.2, 0.25) is 0 Å². The first-order valence-electron chi connectivity index (χ1n) is 4.77. The van der Waals surface area contributed by atoms with Gasteiger partial charge in [0, 0.05) is 24.0 Å². The SMILES string of the molecule is CN(CCCl)C[C@@H](Cl)c1ccc(Cl)cc1. The molecule has 0 fully saturated rings. The molecule has 1 aromatic carbocycles. The summed E-state index contributed by atoms with van der Waals surface area (Å²) in [5.74, 6) is 0.626. The van der Waals surface area contributed by atoms with Gasteiger partial charge in [0.15, 0.2) is 0 Å². The molecule has 84 valence electrons. The highest BCUT2D eigenvalue weighted by Gasteiger charge is 2.10. The lowest BCUT2D eigenvalue weighted by Gasteiger charge is -2.19. The van der Waals surface area contributed by atoms with Crippen LogP contribution >= 0.6 is 34.8 Å². The Morgan fingerprint density at radius 3 is 2.40 bits per heavy atom. The van der Waals surface area contributed by atoms with E-state index in [4.69, 9.17) is 34.8 Å². The number of rotatable bonds is 5. The Bertz CT molecular complexity index is 286. The fraction of sp³-hybridized carbons (Fsp3) is 0.455. The van der Waals surface area contributed by atoms with Crippen molar-refractivity contribution in [2.24, 2.45) is 0 Å². The summed E-state index contributed by atoms with van der Waals surface area (Å²) in [5.41, 5.74) is 1.09. The summed E-state index contributed by atoms with van der Waals surface area (Å²) in [6, 6.07) is 7.62. The second-order valence-electron chi connectivity index (χ2n) is 3.47. The van der Waals surface area contributed by atoms with Crippen molar-refractivity contribution in [3.63, 3.8) is 0 Å². The third-order valence-corrected chi connectivity index (χ3v) is 2.98. The Kier molecular flexibility index (Phi) is 5.77. The van der Waals surface area contributed by atoms with Gasteiger partial charge in [-0.2, -0.15) is 0 Å². The zero-order chi connectivity index (χ0) is 11.3. The molecule has 0 bridgehead atoms. The van der Waals surface area contributed by atoms with Crippen LogP contribution in [0.5, 0.6) is 0 Å². The topological polar surface area (TPSA) is 3.24 Å². The number of hydrogen-bond donors (Lipinski definition) is 0. The summed E-state index contributed by atoms with van der Waals surface area (Å²) in [5, 5.41) is 0.715. The molecule has 1 aromatic rings. The van der Waals surface area contributed by atoms with Gasteiger partial charge < -0.3 is 4.90 Å². The molecule has 0 aliphatic carbocycles. The van der Waals surface area contributed by atoms with Gasteiger partial charge in [-0.25, -0.2) is 0 Å². The summed E-state index contributed by atoms with van der Waals surface area (Å²) < 4.78 is 0. The number of benzene rings is 1. The first kappa shape index (κ1) is 13.1. The Labute approximate surface area is 106 Å². The molecule has 1 nitrogen and oxygen atoms in total. The van der Waals surface area contributed by atoms with Gasteiger partial charge >= 0.3 is 0 Å². The molecule has 0 saturated carbocycles. The maximum Gasteiger partial charge on any atom is 0.0712 e. The van der Waals surface area contributed by atoms with Gasteiger partial charge in [-0.15, -0.1) is 23.2 Å². The smallest absolute Gasteiger partial charge is 0.0712 e. The number of likely N-dealkylation sites (N-methyl/N-ethyl adjacent to an activating group) is 1. The van der Waals surface area contributed by atoms with Crippen molar-refractivity contribution in [3.8, 4) is 0 Å². The van der Waals surface area contributed by atoms with E-state index in [9.17, 15) is 0 Å². The van der Waals surface area contributed by atoms with Crippen LogP contribution in [-0.2, 0) is 0 Å². The van der Waals surface area contributed by atoms with Crippen LogP contribution < -0.4 is 0 Å². The highest BCUT2D eigenvalue weighted by Crippen LogP contribution is 2.22. The highest BCUT2D eigenvalue weighted by atomic mass is 35.5. The molecule has 4 heteroatoms. The lowest BCUT2D eigenvalue weighted by atomic mass is 10.1. The predicted octanol–water partition coefficient (Wildman–Crippen LogP) is 3.79. The summed E-state index contributed by atoms with van der Waals surface area (Å²) >= 11 is 17.7. The first-order chi connectivity index (χ1) is 7.13. The maximum atomic E-state index is 6.26.